The van der Waals surface area contributed by atoms with Crippen molar-refractivity contribution in [3.8, 4) is 11.4 Å². The number of carboxylic acids is 1. The van der Waals surface area contributed by atoms with E-state index in [1.165, 1.54) is 0 Å². The summed E-state index contributed by atoms with van der Waals surface area (Å²) in [5, 5.41) is 14.7. The molecule has 0 radical (unpaired) electrons. The molecule has 124 valence electrons. The van der Waals surface area contributed by atoms with E-state index in [-0.39, 0.29) is 11.5 Å². The van der Waals surface area contributed by atoms with E-state index in [4.69, 9.17) is 4.74 Å². The molecule has 2 aromatic heterocycles. The number of fused-ring (bicyclic) bond motifs is 1. The third-order valence-corrected chi connectivity index (χ3v) is 3.97. The van der Waals surface area contributed by atoms with Crippen LogP contribution in [-0.4, -0.2) is 33.0 Å². The Labute approximate surface area is 139 Å². The number of pyridine rings is 1. The Kier molecular flexibility index (Phi) is 3.97. The number of aromatic carboxylic acids is 1. The average Bonchev–Trinajstić information content (AvgIpc) is 2.91. The van der Waals surface area contributed by atoms with Gasteiger partial charge in [-0.3, -0.25) is 0 Å². The van der Waals surface area contributed by atoms with E-state index >= 15 is 0 Å². The van der Waals surface area contributed by atoms with E-state index in [2.05, 4.69) is 10.1 Å². The van der Waals surface area contributed by atoms with Crippen LogP contribution in [0.5, 0.6) is 5.75 Å². The Morgan fingerprint density at radius 3 is 2.46 bits per heavy atom. The molecule has 24 heavy (non-hydrogen) atoms. The van der Waals surface area contributed by atoms with E-state index in [1.807, 2.05) is 38.1 Å². The zero-order chi connectivity index (χ0) is 17.4. The maximum absolute atomic E-state index is 11.7. The minimum absolute atomic E-state index is 0.118. The van der Waals surface area contributed by atoms with Crippen molar-refractivity contribution >= 4 is 17.0 Å². The first kappa shape index (κ1) is 16.0. The topological polar surface area (TPSA) is 77.2 Å². The Morgan fingerprint density at radius 1 is 1.25 bits per heavy atom. The molecule has 3 rings (SSSR count). The highest BCUT2D eigenvalue weighted by molar-refractivity contribution is 6.03. The number of methoxy groups -OCH3 is 1. The third-order valence-electron chi connectivity index (χ3n) is 3.97. The maximum atomic E-state index is 11.7. The quantitative estimate of drug-likeness (QED) is 0.793. The fraction of sp³-hybridized carbons (Fsp3) is 0.278. The highest BCUT2D eigenvalue weighted by atomic mass is 16.5. The van der Waals surface area contributed by atoms with Gasteiger partial charge in [-0.2, -0.15) is 5.10 Å². The number of carboxylic acid groups (broad SMARTS) is 1. The SMILES string of the molecule is COc1ccc(-n2nc(C)c3c(C(=O)O)cc(C(C)C)nc32)cc1. The van der Waals surface area contributed by atoms with Gasteiger partial charge in [0.25, 0.3) is 0 Å². The van der Waals surface area contributed by atoms with E-state index in [1.54, 1.807) is 24.8 Å². The summed E-state index contributed by atoms with van der Waals surface area (Å²) in [6.45, 7) is 5.77. The van der Waals surface area contributed by atoms with E-state index in [9.17, 15) is 9.90 Å². The minimum Gasteiger partial charge on any atom is -0.497 e. The Balaban J connectivity index is 2.30. The monoisotopic (exact) mass is 325 g/mol. The van der Waals surface area contributed by atoms with Gasteiger partial charge in [-0.1, -0.05) is 13.8 Å². The van der Waals surface area contributed by atoms with Gasteiger partial charge in [0.1, 0.15) is 5.75 Å². The van der Waals surface area contributed by atoms with Crippen LogP contribution in [0.1, 0.15) is 41.5 Å². The molecular formula is C18H19N3O3. The van der Waals surface area contributed by atoms with Crippen LogP contribution in [0.4, 0.5) is 0 Å². The number of hydrogen-bond donors (Lipinski definition) is 1. The van der Waals surface area contributed by atoms with Crippen LogP contribution in [0.3, 0.4) is 0 Å². The first-order valence-electron chi connectivity index (χ1n) is 7.70. The first-order chi connectivity index (χ1) is 11.4. The average molecular weight is 325 g/mol. The third kappa shape index (κ3) is 2.60. The summed E-state index contributed by atoms with van der Waals surface area (Å²) >= 11 is 0. The van der Waals surface area contributed by atoms with E-state index in [0.29, 0.717) is 16.7 Å². The summed E-state index contributed by atoms with van der Waals surface area (Å²) in [7, 11) is 1.61. The lowest BCUT2D eigenvalue weighted by Crippen LogP contribution is -2.05. The van der Waals surface area contributed by atoms with Crippen molar-refractivity contribution in [2.75, 3.05) is 7.11 Å². The maximum Gasteiger partial charge on any atom is 0.336 e. The van der Waals surface area contributed by atoms with Crippen LogP contribution in [0.2, 0.25) is 0 Å². The second-order valence-electron chi connectivity index (χ2n) is 5.95. The standard InChI is InChI=1S/C18H19N3O3/c1-10(2)15-9-14(18(22)23)16-11(3)20-21(17(16)19-15)12-5-7-13(24-4)8-6-12/h5-10H,1-4H3,(H,22,23). The largest absolute Gasteiger partial charge is 0.497 e. The van der Waals surface area contributed by atoms with Crippen molar-refractivity contribution in [3.05, 3.63) is 47.3 Å². The Bertz CT molecular complexity index is 911. The molecule has 0 saturated heterocycles. The number of hydrogen-bond acceptors (Lipinski definition) is 4. The Morgan fingerprint density at radius 2 is 1.92 bits per heavy atom. The van der Waals surface area contributed by atoms with Gasteiger partial charge in [0, 0.05) is 5.69 Å². The summed E-state index contributed by atoms with van der Waals surface area (Å²) in [5.74, 6) is -0.109. The van der Waals surface area contributed by atoms with Crippen molar-refractivity contribution in [2.45, 2.75) is 26.7 Å². The predicted octanol–water partition coefficient (Wildman–Crippen LogP) is 3.56. The molecule has 0 aliphatic heterocycles. The molecule has 1 N–H and O–H groups in total. The van der Waals surface area contributed by atoms with E-state index < -0.39 is 5.97 Å². The van der Waals surface area contributed by atoms with Crippen LogP contribution in [0, 0.1) is 6.92 Å². The zero-order valence-corrected chi connectivity index (χ0v) is 14.1. The van der Waals surface area contributed by atoms with Crippen molar-refractivity contribution in [3.63, 3.8) is 0 Å². The number of nitrogens with zero attached hydrogens (tertiary/aromatic N) is 3. The lowest BCUT2D eigenvalue weighted by Gasteiger charge is -2.09. The van der Waals surface area contributed by atoms with Gasteiger partial charge >= 0.3 is 5.97 Å². The normalized spacial score (nSPS) is 11.2. The number of aryl methyl sites for hydroxylation is 1. The molecule has 6 nitrogen and oxygen atoms in total. The van der Waals surface area contributed by atoms with E-state index in [0.717, 1.165) is 17.1 Å². The molecule has 0 amide bonds. The van der Waals surface area contributed by atoms with Crippen molar-refractivity contribution in [1.29, 1.82) is 0 Å². The highest BCUT2D eigenvalue weighted by Gasteiger charge is 2.20. The molecular weight excluding hydrogens is 306 g/mol. The van der Waals surface area contributed by atoms with Crippen LogP contribution in [-0.2, 0) is 0 Å². The number of aromatic nitrogens is 3. The van der Waals surface area contributed by atoms with Crippen LogP contribution < -0.4 is 4.74 Å². The van der Waals surface area contributed by atoms with Crippen molar-refractivity contribution < 1.29 is 14.6 Å². The molecule has 0 fully saturated rings. The number of benzene rings is 1. The van der Waals surface area contributed by atoms with Gasteiger partial charge in [0.15, 0.2) is 5.65 Å². The lowest BCUT2D eigenvalue weighted by molar-refractivity contribution is 0.0698. The molecule has 6 heteroatoms. The molecule has 0 bridgehead atoms. The summed E-state index contributed by atoms with van der Waals surface area (Å²) in [4.78, 5) is 16.4. The summed E-state index contributed by atoms with van der Waals surface area (Å²) in [6.07, 6.45) is 0. The molecule has 0 aliphatic carbocycles. The summed E-state index contributed by atoms with van der Waals surface area (Å²) < 4.78 is 6.86. The predicted molar refractivity (Wildman–Crippen MR) is 91.2 cm³/mol. The smallest absolute Gasteiger partial charge is 0.336 e. The van der Waals surface area contributed by atoms with Gasteiger partial charge in [-0.05, 0) is 43.2 Å². The summed E-state index contributed by atoms with van der Waals surface area (Å²) in [6, 6.07) is 9.05. The molecule has 0 spiro atoms. The summed E-state index contributed by atoms with van der Waals surface area (Å²) in [5.41, 5.74) is 2.97. The second-order valence-corrected chi connectivity index (χ2v) is 5.95. The first-order valence-corrected chi connectivity index (χ1v) is 7.70. The Hall–Kier alpha value is -2.89. The van der Waals surface area contributed by atoms with Gasteiger partial charge in [-0.15, -0.1) is 0 Å². The van der Waals surface area contributed by atoms with Gasteiger partial charge in [-0.25, -0.2) is 14.5 Å². The van der Waals surface area contributed by atoms with Crippen molar-refractivity contribution in [2.24, 2.45) is 0 Å². The number of carbonyl (C=O) groups is 1. The molecule has 1 aromatic carbocycles. The fourth-order valence-electron chi connectivity index (χ4n) is 2.68. The van der Waals surface area contributed by atoms with Crippen molar-refractivity contribution in [1.82, 2.24) is 14.8 Å². The molecule has 3 aromatic rings. The molecule has 0 atom stereocenters. The van der Waals surface area contributed by atoms with Crippen LogP contribution in [0.25, 0.3) is 16.7 Å². The number of ether oxygens (including phenoxy) is 1. The van der Waals surface area contributed by atoms with Crippen LogP contribution in [0.15, 0.2) is 30.3 Å². The zero-order valence-electron chi connectivity index (χ0n) is 14.1. The minimum atomic E-state index is -0.971. The second kappa shape index (κ2) is 5.96. The molecule has 0 saturated carbocycles. The van der Waals surface area contributed by atoms with Gasteiger partial charge < -0.3 is 9.84 Å². The highest BCUT2D eigenvalue weighted by Crippen LogP contribution is 2.27. The molecule has 0 unspecified atom stereocenters. The fourth-order valence-corrected chi connectivity index (χ4v) is 2.68. The number of rotatable bonds is 4. The molecule has 2 heterocycles. The van der Waals surface area contributed by atoms with Gasteiger partial charge in [0.05, 0.1) is 29.4 Å². The lowest BCUT2D eigenvalue weighted by atomic mass is 10.0. The molecule has 0 aliphatic rings. The van der Waals surface area contributed by atoms with Crippen LogP contribution >= 0.6 is 0 Å². The van der Waals surface area contributed by atoms with Gasteiger partial charge in [0.2, 0.25) is 0 Å².